The number of ether oxygens (including phenoxy) is 2. The van der Waals surface area contributed by atoms with Gasteiger partial charge in [0.1, 0.15) is 0 Å². The molecular formula is C12H26N2O2. The molecule has 0 unspecified atom stereocenters. The first-order chi connectivity index (χ1) is 7.86. The van der Waals surface area contributed by atoms with Gasteiger partial charge in [0.2, 0.25) is 0 Å². The SMILES string of the molecule is COCCCN1CCCN(CCOC)CC1. The van der Waals surface area contributed by atoms with E-state index in [0.29, 0.717) is 0 Å². The fourth-order valence-corrected chi connectivity index (χ4v) is 2.12. The highest BCUT2D eigenvalue weighted by Crippen LogP contribution is 2.03. The molecule has 1 fully saturated rings. The molecule has 0 bridgehead atoms. The summed E-state index contributed by atoms with van der Waals surface area (Å²) in [5, 5.41) is 0. The van der Waals surface area contributed by atoms with E-state index < -0.39 is 0 Å². The van der Waals surface area contributed by atoms with E-state index in [0.717, 1.165) is 26.2 Å². The molecule has 0 N–H and O–H groups in total. The van der Waals surface area contributed by atoms with Gasteiger partial charge in [-0.25, -0.2) is 0 Å². The number of hydrogen-bond donors (Lipinski definition) is 0. The average molecular weight is 230 g/mol. The van der Waals surface area contributed by atoms with Crippen LogP contribution >= 0.6 is 0 Å². The molecule has 1 rings (SSSR count). The van der Waals surface area contributed by atoms with Crippen molar-refractivity contribution in [1.82, 2.24) is 9.80 Å². The zero-order valence-corrected chi connectivity index (χ0v) is 10.8. The Kier molecular flexibility index (Phi) is 7.76. The van der Waals surface area contributed by atoms with Gasteiger partial charge < -0.3 is 14.4 Å². The molecule has 1 aliphatic rings. The quantitative estimate of drug-likeness (QED) is 0.600. The molecule has 1 saturated heterocycles. The molecule has 0 radical (unpaired) electrons. The van der Waals surface area contributed by atoms with Gasteiger partial charge in [0.25, 0.3) is 0 Å². The fourth-order valence-electron chi connectivity index (χ4n) is 2.12. The Hall–Kier alpha value is -0.160. The van der Waals surface area contributed by atoms with Crippen LogP contribution in [-0.2, 0) is 9.47 Å². The lowest BCUT2D eigenvalue weighted by atomic mass is 10.3. The van der Waals surface area contributed by atoms with Gasteiger partial charge in [0.15, 0.2) is 0 Å². The molecule has 0 saturated carbocycles. The summed E-state index contributed by atoms with van der Waals surface area (Å²) in [6.07, 6.45) is 2.42. The maximum atomic E-state index is 5.12. The van der Waals surface area contributed by atoms with Crippen molar-refractivity contribution in [2.75, 3.05) is 66.7 Å². The van der Waals surface area contributed by atoms with E-state index >= 15 is 0 Å². The normalized spacial score (nSPS) is 19.9. The summed E-state index contributed by atoms with van der Waals surface area (Å²) in [5.41, 5.74) is 0. The Bertz CT molecular complexity index is 167. The third-order valence-corrected chi connectivity index (χ3v) is 3.12. The van der Waals surface area contributed by atoms with Gasteiger partial charge in [0, 0.05) is 47.0 Å². The summed E-state index contributed by atoms with van der Waals surface area (Å²) in [6, 6.07) is 0. The first-order valence-electron chi connectivity index (χ1n) is 6.29. The van der Waals surface area contributed by atoms with E-state index in [-0.39, 0.29) is 0 Å². The average Bonchev–Trinajstić information content (AvgIpc) is 2.52. The smallest absolute Gasteiger partial charge is 0.0589 e. The highest BCUT2D eigenvalue weighted by molar-refractivity contribution is 4.69. The zero-order chi connectivity index (χ0) is 11.6. The molecule has 0 atom stereocenters. The third kappa shape index (κ3) is 5.80. The monoisotopic (exact) mass is 230 g/mol. The first-order valence-corrected chi connectivity index (χ1v) is 6.29. The van der Waals surface area contributed by atoms with Crippen LogP contribution in [0.3, 0.4) is 0 Å². The zero-order valence-electron chi connectivity index (χ0n) is 10.8. The highest BCUT2D eigenvalue weighted by atomic mass is 16.5. The molecule has 4 heteroatoms. The van der Waals surface area contributed by atoms with Crippen LogP contribution in [0.1, 0.15) is 12.8 Å². The van der Waals surface area contributed by atoms with Crippen LogP contribution in [-0.4, -0.2) is 76.5 Å². The molecule has 0 aromatic rings. The lowest BCUT2D eigenvalue weighted by Crippen LogP contribution is -2.33. The molecule has 0 amide bonds. The van der Waals surface area contributed by atoms with Crippen LogP contribution in [0.4, 0.5) is 0 Å². The van der Waals surface area contributed by atoms with Crippen LogP contribution in [0.5, 0.6) is 0 Å². The van der Waals surface area contributed by atoms with Gasteiger partial charge in [-0.2, -0.15) is 0 Å². The summed E-state index contributed by atoms with van der Waals surface area (Å²) in [6.45, 7) is 8.78. The lowest BCUT2D eigenvalue weighted by Gasteiger charge is -2.21. The second-order valence-electron chi connectivity index (χ2n) is 4.38. The molecule has 4 nitrogen and oxygen atoms in total. The van der Waals surface area contributed by atoms with Crippen LogP contribution in [0.15, 0.2) is 0 Å². The molecule has 0 aliphatic carbocycles. The summed E-state index contributed by atoms with van der Waals surface area (Å²) in [7, 11) is 3.55. The fraction of sp³-hybridized carbons (Fsp3) is 1.00. The van der Waals surface area contributed by atoms with Crippen LogP contribution in [0, 0.1) is 0 Å². The van der Waals surface area contributed by atoms with Gasteiger partial charge in [-0.05, 0) is 25.9 Å². The van der Waals surface area contributed by atoms with E-state index in [1.54, 1.807) is 14.2 Å². The molecule has 0 aromatic heterocycles. The first kappa shape index (κ1) is 13.9. The number of rotatable bonds is 7. The van der Waals surface area contributed by atoms with Crippen molar-refractivity contribution >= 4 is 0 Å². The highest BCUT2D eigenvalue weighted by Gasteiger charge is 2.13. The largest absolute Gasteiger partial charge is 0.385 e. The Morgan fingerprint density at radius 3 is 2.06 bits per heavy atom. The Morgan fingerprint density at radius 2 is 1.44 bits per heavy atom. The van der Waals surface area contributed by atoms with Gasteiger partial charge in [-0.15, -0.1) is 0 Å². The second kappa shape index (κ2) is 8.93. The molecule has 1 aliphatic heterocycles. The standard InChI is InChI=1S/C12H26N2O2/c1-15-11-4-7-13-5-3-6-14(9-8-13)10-12-16-2/h3-12H2,1-2H3. The molecule has 16 heavy (non-hydrogen) atoms. The van der Waals surface area contributed by atoms with Crippen LogP contribution in [0.2, 0.25) is 0 Å². The summed E-state index contributed by atoms with van der Waals surface area (Å²) in [4.78, 5) is 5.05. The van der Waals surface area contributed by atoms with Crippen molar-refractivity contribution in [3.8, 4) is 0 Å². The molecular weight excluding hydrogens is 204 g/mol. The van der Waals surface area contributed by atoms with Crippen LogP contribution in [0.25, 0.3) is 0 Å². The minimum Gasteiger partial charge on any atom is -0.385 e. The van der Waals surface area contributed by atoms with Crippen molar-refractivity contribution in [3.05, 3.63) is 0 Å². The molecule has 0 spiro atoms. The second-order valence-corrected chi connectivity index (χ2v) is 4.38. The summed E-state index contributed by atoms with van der Waals surface area (Å²) >= 11 is 0. The number of hydrogen-bond acceptors (Lipinski definition) is 4. The van der Waals surface area contributed by atoms with E-state index in [9.17, 15) is 0 Å². The van der Waals surface area contributed by atoms with Crippen molar-refractivity contribution in [1.29, 1.82) is 0 Å². The maximum Gasteiger partial charge on any atom is 0.0589 e. The van der Waals surface area contributed by atoms with Crippen LogP contribution < -0.4 is 0 Å². The molecule has 96 valence electrons. The minimum absolute atomic E-state index is 0.851. The van der Waals surface area contributed by atoms with E-state index in [4.69, 9.17) is 9.47 Å². The topological polar surface area (TPSA) is 24.9 Å². The molecule has 0 aromatic carbocycles. The van der Waals surface area contributed by atoms with Gasteiger partial charge >= 0.3 is 0 Å². The van der Waals surface area contributed by atoms with Gasteiger partial charge in [-0.1, -0.05) is 0 Å². The predicted octanol–water partition coefficient (Wildman–Crippen LogP) is 0.677. The minimum atomic E-state index is 0.851. The Morgan fingerprint density at radius 1 is 0.812 bits per heavy atom. The van der Waals surface area contributed by atoms with Crippen molar-refractivity contribution in [2.45, 2.75) is 12.8 Å². The van der Waals surface area contributed by atoms with E-state index in [1.807, 2.05) is 0 Å². The van der Waals surface area contributed by atoms with Gasteiger partial charge in [0.05, 0.1) is 6.61 Å². The van der Waals surface area contributed by atoms with E-state index in [2.05, 4.69) is 9.80 Å². The number of methoxy groups -OCH3 is 2. The predicted molar refractivity (Wildman–Crippen MR) is 65.9 cm³/mol. The Balaban J connectivity index is 2.13. The molecule has 1 heterocycles. The summed E-state index contributed by atoms with van der Waals surface area (Å²) in [5.74, 6) is 0. The summed E-state index contributed by atoms with van der Waals surface area (Å²) < 4.78 is 10.2. The Labute approximate surface area is 99.5 Å². The van der Waals surface area contributed by atoms with Gasteiger partial charge in [-0.3, -0.25) is 4.90 Å². The van der Waals surface area contributed by atoms with Crippen molar-refractivity contribution in [2.24, 2.45) is 0 Å². The lowest BCUT2D eigenvalue weighted by molar-refractivity contribution is 0.147. The number of nitrogens with zero attached hydrogens (tertiary/aromatic N) is 2. The van der Waals surface area contributed by atoms with E-state index in [1.165, 1.54) is 39.1 Å². The maximum absolute atomic E-state index is 5.12. The third-order valence-electron chi connectivity index (χ3n) is 3.12. The van der Waals surface area contributed by atoms with Crippen molar-refractivity contribution < 1.29 is 9.47 Å². The van der Waals surface area contributed by atoms with Crippen molar-refractivity contribution in [3.63, 3.8) is 0 Å².